The molecule has 2 rings (SSSR count). The lowest BCUT2D eigenvalue weighted by Gasteiger charge is -2.41. The van der Waals surface area contributed by atoms with Gasteiger partial charge in [-0.2, -0.15) is 0 Å². The maximum Gasteiger partial charge on any atom is 0.306 e. The summed E-state index contributed by atoms with van der Waals surface area (Å²) in [7, 11) is 0. The molecule has 16 heavy (non-hydrogen) atoms. The predicted molar refractivity (Wildman–Crippen MR) is 55.9 cm³/mol. The molecule has 1 aromatic carbocycles. The van der Waals surface area contributed by atoms with Crippen molar-refractivity contribution in [1.82, 2.24) is 0 Å². The fraction of sp³-hybridized carbons (Fsp3) is 0.364. The number of hydrogen-bond acceptors (Lipinski definition) is 2. The Morgan fingerprint density at radius 1 is 1.62 bits per heavy atom. The topological polar surface area (TPSA) is 46.5 Å². The number of carboxylic acids is 1. The summed E-state index contributed by atoms with van der Waals surface area (Å²) in [6, 6.07) is 4.08. The molecule has 86 valence electrons. The lowest BCUT2D eigenvalue weighted by atomic mass is 9.83. The van der Waals surface area contributed by atoms with Crippen LogP contribution in [0.2, 0.25) is 5.02 Å². The van der Waals surface area contributed by atoms with E-state index in [0.717, 1.165) is 0 Å². The second-order valence-electron chi connectivity index (χ2n) is 3.79. The minimum atomic E-state index is -1.04. The summed E-state index contributed by atoms with van der Waals surface area (Å²) in [5.74, 6) is -1.50. The first kappa shape index (κ1) is 11.4. The van der Waals surface area contributed by atoms with Crippen LogP contribution in [0.25, 0.3) is 0 Å². The van der Waals surface area contributed by atoms with Gasteiger partial charge in [-0.3, -0.25) is 4.79 Å². The van der Waals surface area contributed by atoms with E-state index in [1.165, 1.54) is 18.2 Å². The van der Waals surface area contributed by atoms with Crippen LogP contribution >= 0.6 is 11.6 Å². The lowest BCUT2D eigenvalue weighted by molar-refractivity contribution is -0.177. The summed E-state index contributed by atoms with van der Waals surface area (Å²) in [6.07, 6.45) is 0.251. The number of carboxylic acid groups (broad SMARTS) is 1. The monoisotopic (exact) mass is 244 g/mol. The average Bonchev–Trinajstić information content (AvgIpc) is 2.15. The first-order valence-corrected chi connectivity index (χ1v) is 5.23. The molecule has 1 aliphatic heterocycles. The Morgan fingerprint density at radius 3 is 2.81 bits per heavy atom. The van der Waals surface area contributed by atoms with Crippen LogP contribution in [0.5, 0.6) is 0 Å². The quantitative estimate of drug-likeness (QED) is 0.889. The van der Waals surface area contributed by atoms with Crippen LogP contribution in [0.15, 0.2) is 18.2 Å². The van der Waals surface area contributed by atoms with Gasteiger partial charge in [-0.25, -0.2) is 4.39 Å². The number of aliphatic carboxylic acids is 1. The lowest BCUT2D eigenvalue weighted by Crippen LogP contribution is -2.43. The average molecular weight is 245 g/mol. The molecule has 1 N–H and O–H groups in total. The largest absolute Gasteiger partial charge is 0.481 e. The summed E-state index contributed by atoms with van der Waals surface area (Å²) in [5.41, 5.74) is -0.811. The zero-order chi connectivity index (χ0) is 11.8. The van der Waals surface area contributed by atoms with Gasteiger partial charge < -0.3 is 9.84 Å². The van der Waals surface area contributed by atoms with Crippen LogP contribution in [-0.2, 0) is 15.1 Å². The van der Waals surface area contributed by atoms with E-state index in [1.807, 2.05) is 0 Å². The molecule has 1 aliphatic rings. The van der Waals surface area contributed by atoms with Gasteiger partial charge in [0.25, 0.3) is 0 Å². The molecule has 1 heterocycles. The van der Waals surface area contributed by atoms with E-state index >= 15 is 0 Å². The second-order valence-corrected chi connectivity index (χ2v) is 4.22. The van der Waals surface area contributed by atoms with Crippen LogP contribution in [0.3, 0.4) is 0 Å². The van der Waals surface area contributed by atoms with Gasteiger partial charge in [-0.15, -0.1) is 0 Å². The van der Waals surface area contributed by atoms with Gasteiger partial charge in [0.15, 0.2) is 0 Å². The smallest absolute Gasteiger partial charge is 0.306 e. The molecule has 3 nitrogen and oxygen atoms in total. The number of rotatable bonds is 3. The van der Waals surface area contributed by atoms with Crippen molar-refractivity contribution in [3.63, 3.8) is 0 Å². The van der Waals surface area contributed by atoms with Gasteiger partial charge in [-0.1, -0.05) is 11.6 Å². The van der Waals surface area contributed by atoms with E-state index in [2.05, 4.69) is 0 Å². The first-order valence-electron chi connectivity index (χ1n) is 4.85. The zero-order valence-corrected chi connectivity index (χ0v) is 9.13. The SMILES string of the molecule is O=C(O)CC1(c2cc(Cl)ccc2F)CCO1. The van der Waals surface area contributed by atoms with Crippen molar-refractivity contribution in [2.24, 2.45) is 0 Å². The normalized spacial score (nSPS) is 23.9. The highest BCUT2D eigenvalue weighted by molar-refractivity contribution is 6.30. The first-order chi connectivity index (χ1) is 7.53. The highest BCUT2D eigenvalue weighted by atomic mass is 35.5. The van der Waals surface area contributed by atoms with E-state index in [4.69, 9.17) is 21.4 Å². The van der Waals surface area contributed by atoms with Crippen molar-refractivity contribution in [3.05, 3.63) is 34.6 Å². The Labute approximate surface area is 96.8 Å². The molecule has 0 radical (unpaired) electrons. The molecule has 0 saturated carbocycles. The van der Waals surface area contributed by atoms with Crippen LogP contribution < -0.4 is 0 Å². The highest BCUT2D eigenvalue weighted by Gasteiger charge is 2.44. The predicted octanol–water partition coefficient (Wildman–Crippen LogP) is 2.57. The van der Waals surface area contributed by atoms with E-state index in [0.29, 0.717) is 18.1 Å². The van der Waals surface area contributed by atoms with Gasteiger partial charge in [-0.05, 0) is 18.2 Å². The molecule has 0 spiro atoms. The molecule has 0 aliphatic carbocycles. The van der Waals surface area contributed by atoms with E-state index in [9.17, 15) is 9.18 Å². The van der Waals surface area contributed by atoms with Crippen molar-refractivity contribution in [1.29, 1.82) is 0 Å². The molecule has 0 amide bonds. The number of halogens is 2. The minimum Gasteiger partial charge on any atom is -0.481 e. The second kappa shape index (κ2) is 4.03. The van der Waals surface area contributed by atoms with E-state index in [-0.39, 0.29) is 12.0 Å². The van der Waals surface area contributed by atoms with Crippen molar-refractivity contribution in [2.75, 3.05) is 6.61 Å². The van der Waals surface area contributed by atoms with Crippen LogP contribution in [0, 0.1) is 5.82 Å². The highest BCUT2D eigenvalue weighted by Crippen LogP contribution is 2.42. The molecule has 0 aromatic heterocycles. The van der Waals surface area contributed by atoms with Crippen LogP contribution in [-0.4, -0.2) is 17.7 Å². The van der Waals surface area contributed by atoms with Gasteiger partial charge in [0.1, 0.15) is 11.4 Å². The summed E-state index contributed by atoms with van der Waals surface area (Å²) in [4.78, 5) is 10.7. The Morgan fingerprint density at radius 2 is 2.31 bits per heavy atom. The van der Waals surface area contributed by atoms with Gasteiger partial charge in [0, 0.05) is 17.0 Å². The summed E-state index contributed by atoms with van der Waals surface area (Å²) in [6.45, 7) is 0.444. The minimum absolute atomic E-state index is 0.230. The van der Waals surface area contributed by atoms with Crippen molar-refractivity contribution >= 4 is 17.6 Å². The molecular formula is C11H10ClFO3. The number of ether oxygens (including phenoxy) is 1. The third-order valence-electron chi connectivity index (χ3n) is 2.74. The van der Waals surface area contributed by atoms with Crippen LogP contribution in [0.4, 0.5) is 4.39 Å². The standard InChI is InChI=1S/C11H10ClFO3/c12-7-1-2-9(13)8(5-7)11(3-4-16-11)6-10(14)15/h1-2,5H,3-4,6H2,(H,14,15). The molecule has 1 atom stereocenters. The maximum absolute atomic E-state index is 13.6. The van der Waals surface area contributed by atoms with Crippen LogP contribution in [0.1, 0.15) is 18.4 Å². The summed E-state index contributed by atoms with van der Waals surface area (Å²) < 4.78 is 18.9. The number of hydrogen-bond donors (Lipinski definition) is 1. The summed E-state index contributed by atoms with van der Waals surface area (Å²) >= 11 is 5.77. The van der Waals surface area contributed by atoms with Gasteiger partial charge >= 0.3 is 5.97 Å². The van der Waals surface area contributed by atoms with Crippen molar-refractivity contribution in [3.8, 4) is 0 Å². The zero-order valence-electron chi connectivity index (χ0n) is 8.37. The van der Waals surface area contributed by atoms with Gasteiger partial charge in [0.05, 0.1) is 13.0 Å². The van der Waals surface area contributed by atoms with Crippen molar-refractivity contribution in [2.45, 2.75) is 18.4 Å². The molecular weight excluding hydrogens is 235 g/mol. The molecule has 1 saturated heterocycles. The molecule has 0 bridgehead atoms. The molecule has 1 unspecified atom stereocenters. The van der Waals surface area contributed by atoms with E-state index in [1.54, 1.807) is 0 Å². The molecule has 5 heteroatoms. The Hall–Kier alpha value is -1.13. The third-order valence-corrected chi connectivity index (χ3v) is 2.98. The van der Waals surface area contributed by atoms with Crippen molar-refractivity contribution < 1.29 is 19.0 Å². The molecule has 1 fully saturated rings. The third kappa shape index (κ3) is 1.90. The summed E-state index contributed by atoms with van der Waals surface area (Å²) in [5, 5.41) is 9.17. The van der Waals surface area contributed by atoms with Gasteiger partial charge in [0.2, 0.25) is 0 Å². The molecule has 1 aromatic rings. The Bertz CT molecular complexity index is 429. The maximum atomic E-state index is 13.6. The Balaban J connectivity index is 2.39. The number of carbonyl (C=O) groups is 1. The van der Waals surface area contributed by atoms with E-state index < -0.39 is 17.4 Å². The fourth-order valence-corrected chi connectivity index (χ4v) is 2.06. The Kier molecular flexibility index (Phi) is 2.86. The number of benzene rings is 1. The fourth-order valence-electron chi connectivity index (χ4n) is 1.89.